The van der Waals surface area contributed by atoms with Gasteiger partial charge in [-0.25, -0.2) is 9.97 Å². The molecule has 5 rings (SSSR count). The number of rotatable bonds is 1. The Morgan fingerprint density at radius 1 is 0.821 bits per heavy atom. The first-order valence-corrected chi connectivity index (χ1v) is 10.2. The van der Waals surface area contributed by atoms with Crippen LogP contribution in [0.1, 0.15) is 25.7 Å². The van der Waals surface area contributed by atoms with Crippen LogP contribution in [0.4, 0.5) is 5.69 Å². The first kappa shape index (κ1) is 17.4. The van der Waals surface area contributed by atoms with Crippen molar-refractivity contribution in [3.63, 3.8) is 0 Å². The van der Waals surface area contributed by atoms with Gasteiger partial charge in [0.25, 0.3) is 0 Å². The molecular weight excluding hydrogens is 372 g/mol. The van der Waals surface area contributed by atoms with Crippen LogP contribution in [0.5, 0.6) is 11.5 Å². The minimum atomic E-state index is 0.557. The van der Waals surface area contributed by atoms with E-state index in [-0.39, 0.29) is 0 Å². The Morgan fingerprint density at radius 2 is 1.43 bits per heavy atom. The molecule has 7 heteroatoms. The van der Waals surface area contributed by atoms with Crippen molar-refractivity contribution in [1.29, 1.82) is 0 Å². The van der Waals surface area contributed by atoms with E-state index < -0.39 is 0 Å². The molecule has 0 saturated carbocycles. The summed E-state index contributed by atoms with van der Waals surface area (Å²) in [6.07, 6.45) is 4.98. The third-order valence-electron chi connectivity index (χ3n) is 5.24. The van der Waals surface area contributed by atoms with Gasteiger partial charge in [0.1, 0.15) is 13.2 Å². The lowest BCUT2D eigenvalue weighted by atomic mass is 10.2. The predicted molar refractivity (Wildman–Crippen MR) is 114 cm³/mol. The minimum Gasteiger partial charge on any atom is -0.486 e. The average molecular weight is 395 g/mol. The number of hydrogen-bond acceptors (Lipinski definition) is 5. The Labute approximate surface area is 168 Å². The molecule has 0 amide bonds. The third kappa shape index (κ3) is 3.42. The molecule has 3 heterocycles. The van der Waals surface area contributed by atoms with Gasteiger partial charge in [0.2, 0.25) is 0 Å². The third-order valence-corrected chi connectivity index (χ3v) is 5.60. The number of likely N-dealkylation sites (tertiary alicyclic amines) is 1. The van der Waals surface area contributed by atoms with Crippen LogP contribution >= 0.6 is 12.2 Å². The van der Waals surface area contributed by atoms with Gasteiger partial charge in [-0.3, -0.25) is 0 Å². The van der Waals surface area contributed by atoms with Crippen molar-refractivity contribution in [3.8, 4) is 11.5 Å². The Kier molecular flexibility index (Phi) is 4.60. The summed E-state index contributed by atoms with van der Waals surface area (Å²) in [5, 5.41) is 4.16. The van der Waals surface area contributed by atoms with Crippen LogP contribution in [-0.2, 0) is 0 Å². The number of fused-ring (bicyclic) bond motifs is 3. The predicted octanol–water partition coefficient (Wildman–Crippen LogP) is 4.13. The number of thiocarbonyl (C=S) groups is 1. The van der Waals surface area contributed by atoms with Crippen LogP contribution in [0.15, 0.2) is 30.3 Å². The second kappa shape index (κ2) is 7.39. The van der Waals surface area contributed by atoms with Crippen LogP contribution in [0.25, 0.3) is 22.1 Å². The molecule has 2 aliphatic rings. The zero-order chi connectivity index (χ0) is 18.9. The van der Waals surface area contributed by atoms with Crippen LogP contribution in [0.2, 0.25) is 0 Å². The maximum absolute atomic E-state index is 5.67. The van der Waals surface area contributed by atoms with Gasteiger partial charge in [-0.1, -0.05) is 12.8 Å². The molecule has 2 aromatic carbocycles. The van der Waals surface area contributed by atoms with Crippen LogP contribution in [-0.4, -0.2) is 46.3 Å². The zero-order valence-corrected chi connectivity index (χ0v) is 16.4. The Morgan fingerprint density at radius 3 is 2.11 bits per heavy atom. The number of nitrogens with zero attached hydrogens (tertiary/aromatic N) is 3. The first-order valence-electron chi connectivity index (χ1n) is 9.83. The number of hydrogen-bond donors (Lipinski definition) is 1. The summed E-state index contributed by atoms with van der Waals surface area (Å²) in [7, 11) is 0. The molecule has 0 spiro atoms. The second-order valence-corrected chi connectivity index (χ2v) is 7.63. The minimum absolute atomic E-state index is 0.557. The highest BCUT2D eigenvalue weighted by Crippen LogP contribution is 2.34. The monoisotopic (exact) mass is 394 g/mol. The molecule has 0 unspecified atom stereocenters. The molecule has 2 aliphatic heterocycles. The fourth-order valence-electron chi connectivity index (χ4n) is 3.77. The molecule has 0 radical (unpaired) electrons. The van der Waals surface area contributed by atoms with Gasteiger partial charge < -0.3 is 19.7 Å². The maximum atomic E-state index is 5.67. The fourth-order valence-corrected chi connectivity index (χ4v) is 4.07. The first-order chi connectivity index (χ1) is 13.8. The molecule has 0 aliphatic carbocycles. The van der Waals surface area contributed by atoms with E-state index in [4.69, 9.17) is 31.7 Å². The van der Waals surface area contributed by atoms with E-state index in [1.807, 2.05) is 30.3 Å². The molecule has 28 heavy (non-hydrogen) atoms. The topological polar surface area (TPSA) is 59.5 Å². The normalized spacial score (nSPS) is 16.8. The highest BCUT2D eigenvalue weighted by atomic mass is 32.1. The number of aromatic nitrogens is 2. The second-order valence-electron chi connectivity index (χ2n) is 7.24. The summed E-state index contributed by atoms with van der Waals surface area (Å²) in [5.41, 5.74) is 4.21. The summed E-state index contributed by atoms with van der Waals surface area (Å²) in [6, 6.07) is 9.79. The molecule has 1 saturated heterocycles. The zero-order valence-electron chi connectivity index (χ0n) is 15.6. The van der Waals surface area contributed by atoms with Crippen molar-refractivity contribution in [2.45, 2.75) is 25.7 Å². The average Bonchev–Trinajstić information content (AvgIpc) is 3.00. The molecule has 1 N–H and O–H groups in total. The highest BCUT2D eigenvalue weighted by Gasteiger charge is 2.15. The molecule has 1 fully saturated rings. The lowest BCUT2D eigenvalue weighted by Gasteiger charge is -2.24. The molecule has 0 bridgehead atoms. The summed E-state index contributed by atoms with van der Waals surface area (Å²) < 4.78 is 11.3. The lowest BCUT2D eigenvalue weighted by molar-refractivity contribution is 0.172. The standard InChI is InChI=1S/C21H22N4O2S/c28-21(25-7-3-1-2-4-8-25)22-14-5-6-15-16(11-14)24-18-13-20-19(12-17(18)23-15)26-9-10-27-20/h5-6,11-13H,1-4,7-10H2,(H,22,28). The quantitative estimate of drug-likeness (QED) is 0.492. The Balaban J connectivity index is 1.44. The summed E-state index contributed by atoms with van der Waals surface area (Å²) in [5.74, 6) is 1.46. The number of nitrogens with one attached hydrogen (secondary N) is 1. The van der Waals surface area contributed by atoms with Crippen LogP contribution in [0.3, 0.4) is 0 Å². The van der Waals surface area contributed by atoms with Crippen molar-refractivity contribution < 1.29 is 9.47 Å². The molecule has 0 atom stereocenters. The Hall–Kier alpha value is -2.67. The van der Waals surface area contributed by atoms with Gasteiger partial charge in [-0.05, 0) is 43.3 Å². The molecule has 6 nitrogen and oxygen atoms in total. The summed E-state index contributed by atoms with van der Waals surface area (Å²) in [6.45, 7) is 3.17. The van der Waals surface area contributed by atoms with E-state index in [1.54, 1.807) is 0 Å². The molecule has 3 aromatic rings. The van der Waals surface area contributed by atoms with Crippen molar-refractivity contribution in [1.82, 2.24) is 14.9 Å². The highest BCUT2D eigenvalue weighted by molar-refractivity contribution is 7.80. The SMILES string of the molecule is S=C(Nc1ccc2nc3cc4c(cc3nc2c1)OCCO4)N1CCCCCC1. The van der Waals surface area contributed by atoms with Gasteiger partial charge in [0.05, 0.1) is 22.1 Å². The van der Waals surface area contributed by atoms with E-state index in [0.717, 1.165) is 57.5 Å². The van der Waals surface area contributed by atoms with Crippen molar-refractivity contribution in [2.75, 3.05) is 31.6 Å². The van der Waals surface area contributed by atoms with E-state index in [0.29, 0.717) is 13.2 Å². The van der Waals surface area contributed by atoms with Crippen molar-refractivity contribution >= 4 is 45.1 Å². The van der Waals surface area contributed by atoms with Crippen LogP contribution < -0.4 is 14.8 Å². The summed E-state index contributed by atoms with van der Waals surface area (Å²) in [4.78, 5) is 11.8. The van der Waals surface area contributed by atoms with Gasteiger partial charge in [-0.2, -0.15) is 0 Å². The van der Waals surface area contributed by atoms with E-state index in [9.17, 15) is 0 Å². The molecule has 1 aromatic heterocycles. The number of ether oxygens (including phenoxy) is 2. The maximum Gasteiger partial charge on any atom is 0.173 e. The van der Waals surface area contributed by atoms with E-state index in [2.05, 4.69) is 10.2 Å². The largest absolute Gasteiger partial charge is 0.486 e. The van der Waals surface area contributed by atoms with Gasteiger partial charge in [0, 0.05) is 30.9 Å². The number of benzene rings is 2. The van der Waals surface area contributed by atoms with Crippen LogP contribution in [0, 0.1) is 0 Å². The van der Waals surface area contributed by atoms with Gasteiger partial charge in [-0.15, -0.1) is 0 Å². The van der Waals surface area contributed by atoms with Gasteiger partial charge >= 0.3 is 0 Å². The van der Waals surface area contributed by atoms with Crippen molar-refractivity contribution in [2.24, 2.45) is 0 Å². The molecule has 144 valence electrons. The molecular formula is C21H22N4O2S. The fraction of sp³-hybridized carbons (Fsp3) is 0.381. The van der Waals surface area contributed by atoms with Crippen molar-refractivity contribution in [3.05, 3.63) is 30.3 Å². The number of anilines is 1. The van der Waals surface area contributed by atoms with Gasteiger partial charge in [0.15, 0.2) is 16.6 Å². The Bertz CT molecular complexity index is 1050. The summed E-state index contributed by atoms with van der Waals surface area (Å²) >= 11 is 5.63. The lowest BCUT2D eigenvalue weighted by Crippen LogP contribution is -2.35. The van der Waals surface area contributed by atoms with E-state index in [1.165, 1.54) is 25.7 Å². The van der Waals surface area contributed by atoms with E-state index >= 15 is 0 Å². The smallest absolute Gasteiger partial charge is 0.173 e.